The third kappa shape index (κ3) is 1.82. The molecular formula is C12H15NO2. The van der Waals surface area contributed by atoms with Crippen LogP contribution >= 0.6 is 0 Å². The number of aromatic nitrogens is 1. The molecule has 15 heavy (non-hydrogen) atoms. The predicted molar refractivity (Wildman–Crippen MR) is 58.3 cm³/mol. The molecule has 1 aromatic heterocycles. The molecule has 1 aliphatic rings. The van der Waals surface area contributed by atoms with Crippen LogP contribution in [-0.2, 0) is 4.74 Å². The zero-order valence-corrected chi connectivity index (χ0v) is 9.12. The van der Waals surface area contributed by atoms with Gasteiger partial charge in [-0.25, -0.2) is 0 Å². The Balaban J connectivity index is 2.24. The number of rotatable bonds is 2. The number of aryl methyl sites for hydroxylation is 2. The van der Waals surface area contributed by atoms with Crippen molar-refractivity contribution in [3.63, 3.8) is 0 Å². The maximum absolute atomic E-state index is 5.52. The van der Waals surface area contributed by atoms with Gasteiger partial charge in [-0.15, -0.1) is 0 Å². The minimum absolute atomic E-state index is 0.0619. The standard InChI is InChI=1S/C12H15NO2/c1-8(11-6-4-5-7-14-11)12-9(2)13-15-10(12)3/h5,7,11H,1,4,6H2,2-3H3. The van der Waals surface area contributed by atoms with E-state index in [4.69, 9.17) is 9.26 Å². The monoisotopic (exact) mass is 205 g/mol. The van der Waals surface area contributed by atoms with E-state index in [1.165, 1.54) is 0 Å². The first kappa shape index (κ1) is 10.0. The summed E-state index contributed by atoms with van der Waals surface area (Å²) in [5.74, 6) is 0.815. The summed E-state index contributed by atoms with van der Waals surface area (Å²) < 4.78 is 10.6. The second-order valence-corrected chi connectivity index (χ2v) is 3.80. The van der Waals surface area contributed by atoms with Crippen LogP contribution in [0, 0.1) is 13.8 Å². The molecule has 0 fully saturated rings. The Morgan fingerprint density at radius 2 is 2.33 bits per heavy atom. The number of nitrogens with zero attached hydrogens (tertiary/aromatic N) is 1. The molecule has 0 bridgehead atoms. The summed E-state index contributed by atoms with van der Waals surface area (Å²) in [5, 5.41) is 3.92. The van der Waals surface area contributed by atoms with E-state index in [1.807, 2.05) is 19.9 Å². The van der Waals surface area contributed by atoms with Gasteiger partial charge in [-0.1, -0.05) is 11.7 Å². The smallest absolute Gasteiger partial charge is 0.141 e. The molecule has 2 rings (SSSR count). The average molecular weight is 205 g/mol. The fourth-order valence-corrected chi connectivity index (χ4v) is 1.89. The molecule has 0 radical (unpaired) electrons. The summed E-state index contributed by atoms with van der Waals surface area (Å²) in [5.41, 5.74) is 2.86. The van der Waals surface area contributed by atoms with Gasteiger partial charge in [0.15, 0.2) is 0 Å². The molecule has 0 saturated heterocycles. The highest BCUT2D eigenvalue weighted by atomic mass is 16.5. The molecule has 0 saturated carbocycles. The molecule has 3 heteroatoms. The van der Waals surface area contributed by atoms with Crippen molar-refractivity contribution in [2.24, 2.45) is 0 Å². The van der Waals surface area contributed by atoms with Crippen molar-refractivity contribution >= 4 is 5.57 Å². The van der Waals surface area contributed by atoms with Gasteiger partial charge in [0.05, 0.1) is 12.0 Å². The van der Waals surface area contributed by atoms with E-state index >= 15 is 0 Å². The Morgan fingerprint density at radius 3 is 2.87 bits per heavy atom. The Morgan fingerprint density at radius 1 is 1.53 bits per heavy atom. The molecule has 2 heterocycles. The van der Waals surface area contributed by atoms with Crippen LogP contribution in [0.3, 0.4) is 0 Å². The van der Waals surface area contributed by atoms with Gasteiger partial charge in [0.1, 0.15) is 11.9 Å². The van der Waals surface area contributed by atoms with Crippen LogP contribution in [0.15, 0.2) is 23.4 Å². The van der Waals surface area contributed by atoms with Gasteiger partial charge in [0.25, 0.3) is 0 Å². The fourth-order valence-electron chi connectivity index (χ4n) is 1.89. The van der Waals surface area contributed by atoms with Crippen molar-refractivity contribution in [3.05, 3.63) is 35.9 Å². The van der Waals surface area contributed by atoms with Gasteiger partial charge < -0.3 is 9.26 Å². The van der Waals surface area contributed by atoms with Crippen molar-refractivity contribution in [1.82, 2.24) is 5.16 Å². The Labute approximate surface area is 89.4 Å². The summed E-state index contributed by atoms with van der Waals surface area (Å²) in [6, 6.07) is 0. The van der Waals surface area contributed by atoms with Crippen LogP contribution in [0.4, 0.5) is 0 Å². The van der Waals surface area contributed by atoms with E-state index in [-0.39, 0.29) is 6.10 Å². The quantitative estimate of drug-likeness (QED) is 0.744. The Kier molecular flexibility index (Phi) is 2.62. The van der Waals surface area contributed by atoms with Gasteiger partial charge >= 0.3 is 0 Å². The van der Waals surface area contributed by atoms with Gasteiger partial charge in [0, 0.05) is 5.56 Å². The van der Waals surface area contributed by atoms with Crippen molar-refractivity contribution in [2.75, 3.05) is 0 Å². The largest absolute Gasteiger partial charge is 0.494 e. The molecule has 1 unspecified atom stereocenters. The lowest BCUT2D eigenvalue weighted by Gasteiger charge is -2.21. The summed E-state index contributed by atoms with van der Waals surface area (Å²) in [4.78, 5) is 0. The fraction of sp³-hybridized carbons (Fsp3) is 0.417. The summed E-state index contributed by atoms with van der Waals surface area (Å²) >= 11 is 0. The van der Waals surface area contributed by atoms with Crippen molar-refractivity contribution < 1.29 is 9.26 Å². The van der Waals surface area contributed by atoms with Gasteiger partial charge in [-0.05, 0) is 38.3 Å². The third-order valence-electron chi connectivity index (χ3n) is 2.68. The molecule has 1 aliphatic heterocycles. The molecule has 0 spiro atoms. The number of hydrogen-bond acceptors (Lipinski definition) is 3. The van der Waals surface area contributed by atoms with Gasteiger partial charge in [-0.2, -0.15) is 0 Å². The second kappa shape index (κ2) is 3.93. The van der Waals surface area contributed by atoms with Crippen LogP contribution in [0.25, 0.3) is 5.57 Å². The summed E-state index contributed by atoms with van der Waals surface area (Å²) in [7, 11) is 0. The maximum atomic E-state index is 5.52. The van der Waals surface area contributed by atoms with Crippen molar-refractivity contribution in [1.29, 1.82) is 0 Å². The lowest BCUT2D eigenvalue weighted by molar-refractivity contribution is 0.173. The molecule has 1 aromatic rings. The van der Waals surface area contributed by atoms with E-state index in [2.05, 4.69) is 11.7 Å². The lowest BCUT2D eigenvalue weighted by atomic mass is 9.97. The highest BCUT2D eigenvalue weighted by Gasteiger charge is 2.21. The maximum Gasteiger partial charge on any atom is 0.141 e. The van der Waals surface area contributed by atoms with Crippen molar-refractivity contribution in [3.8, 4) is 0 Å². The van der Waals surface area contributed by atoms with Gasteiger partial charge in [0.2, 0.25) is 0 Å². The first-order chi connectivity index (χ1) is 7.20. The van der Waals surface area contributed by atoms with Gasteiger partial charge in [-0.3, -0.25) is 0 Å². The minimum Gasteiger partial charge on any atom is -0.494 e. The van der Waals surface area contributed by atoms with Crippen LogP contribution in [-0.4, -0.2) is 11.3 Å². The van der Waals surface area contributed by atoms with Crippen LogP contribution < -0.4 is 0 Å². The van der Waals surface area contributed by atoms with Crippen LogP contribution in [0.1, 0.15) is 29.9 Å². The second-order valence-electron chi connectivity index (χ2n) is 3.80. The number of allylic oxidation sites excluding steroid dienone is 1. The Hall–Kier alpha value is -1.51. The first-order valence-electron chi connectivity index (χ1n) is 5.12. The third-order valence-corrected chi connectivity index (χ3v) is 2.68. The highest BCUT2D eigenvalue weighted by Crippen LogP contribution is 2.29. The first-order valence-corrected chi connectivity index (χ1v) is 5.12. The van der Waals surface area contributed by atoms with E-state index < -0.39 is 0 Å². The van der Waals surface area contributed by atoms with E-state index in [0.717, 1.165) is 35.4 Å². The molecular weight excluding hydrogens is 190 g/mol. The normalized spacial score (nSPS) is 20.0. The molecule has 0 aliphatic carbocycles. The topological polar surface area (TPSA) is 35.3 Å². The minimum atomic E-state index is 0.0619. The molecule has 0 aromatic carbocycles. The summed E-state index contributed by atoms with van der Waals surface area (Å²) in [6.45, 7) is 7.91. The zero-order chi connectivity index (χ0) is 10.8. The predicted octanol–water partition coefficient (Wildman–Crippen LogP) is 3.00. The highest BCUT2D eigenvalue weighted by molar-refractivity contribution is 5.69. The van der Waals surface area contributed by atoms with E-state index in [9.17, 15) is 0 Å². The molecule has 80 valence electrons. The lowest BCUT2D eigenvalue weighted by Crippen LogP contribution is -2.14. The Bertz CT molecular complexity index is 384. The average Bonchev–Trinajstić information content (AvgIpc) is 2.59. The molecule has 3 nitrogen and oxygen atoms in total. The molecule has 0 N–H and O–H groups in total. The molecule has 1 atom stereocenters. The SMILES string of the molecule is C=C(c1c(C)noc1C)C1CCC=CO1. The van der Waals surface area contributed by atoms with Crippen LogP contribution in [0.5, 0.6) is 0 Å². The number of ether oxygens (including phenoxy) is 1. The van der Waals surface area contributed by atoms with Crippen molar-refractivity contribution in [2.45, 2.75) is 32.8 Å². The number of hydrogen-bond donors (Lipinski definition) is 0. The molecule has 0 amide bonds. The van der Waals surface area contributed by atoms with E-state index in [1.54, 1.807) is 6.26 Å². The van der Waals surface area contributed by atoms with Crippen LogP contribution in [0.2, 0.25) is 0 Å². The zero-order valence-electron chi connectivity index (χ0n) is 9.12. The van der Waals surface area contributed by atoms with E-state index in [0.29, 0.717) is 0 Å². The summed E-state index contributed by atoms with van der Waals surface area (Å²) in [6.07, 6.45) is 5.84.